The van der Waals surface area contributed by atoms with Gasteiger partial charge in [0.05, 0.1) is 5.92 Å². The fourth-order valence-corrected chi connectivity index (χ4v) is 2.82. The third kappa shape index (κ3) is 2.88. The van der Waals surface area contributed by atoms with E-state index in [-0.39, 0.29) is 11.8 Å². The molecule has 1 heterocycles. The normalized spacial score (nSPS) is 16.8. The molecule has 1 aliphatic heterocycles. The summed E-state index contributed by atoms with van der Waals surface area (Å²) in [6, 6.07) is 13.5. The number of anilines is 2. The van der Waals surface area contributed by atoms with E-state index in [1.54, 1.807) is 6.07 Å². The summed E-state index contributed by atoms with van der Waals surface area (Å²) in [7, 11) is 0. The van der Waals surface area contributed by atoms with Crippen molar-refractivity contribution < 1.29 is 4.79 Å². The highest BCUT2D eigenvalue weighted by Gasteiger charge is 2.26. The largest absolute Gasteiger partial charge is 0.385 e. The van der Waals surface area contributed by atoms with E-state index in [9.17, 15) is 4.79 Å². The van der Waals surface area contributed by atoms with Crippen LogP contribution in [-0.2, 0) is 4.79 Å². The number of fused-ring (bicyclic) bond motifs is 1. The van der Waals surface area contributed by atoms with Crippen LogP contribution in [0.4, 0.5) is 11.4 Å². The number of rotatable bonds is 2. The molecule has 2 N–H and O–H groups in total. The van der Waals surface area contributed by atoms with Crippen LogP contribution in [0.25, 0.3) is 0 Å². The van der Waals surface area contributed by atoms with Crippen LogP contribution in [0.2, 0.25) is 5.02 Å². The molecule has 0 fully saturated rings. The molecule has 1 amide bonds. The smallest absolute Gasteiger partial charge is 0.232 e. The number of benzene rings is 2. The van der Waals surface area contributed by atoms with Crippen LogP contribution in [0.5, 0.6) is 0 Å². The minimum atomic E-state index is -0.123. The van der Waals surface area contributed by atoms with Crippen LogP contribution >= 0.6 is 11.6 Å². The zero-order chi connectivity index (χ0) is 14.8. The number of carbonyl (C=O) groups excluding carboxylic acids is 1. The van der Waals surface area contributed by atoms with Gasteiger partial charge in [0.1, 0.15) is 0 Å². The number of para-hydroxylation sites is 1. The second kappa shape index (κ2) is 5.78. The minimum absolute atomic E-state index is 0.0175. The SMILES string of the molecule is Cc1ccc(NC(=O)C2CCNc3ccccc32)cc1Cl. The lowest BCUT2D eigenvalue weighted by Gasteiger charge is -2.25. The van der Waals surface area contributed by atoms with Crippen molar-refractivity contribution in [3.8, 4) is 0 Å². The van der Waals surface area contributed by atoms with Crippen LogP contribution < -0.4 is 10.6 Å². The quantitative estimate of drug-likeness (QED) is 0.873. The van der Waals surface area contributed by atoms with Gasteiger partial charge in [0, 0.05) is 22.9 Å². The minimum Gasteiger partial charge on any atom is -0.385 e. The summed E-state index contributed by atoms with van der Waals surface area (Å²) in [6.07, 6.45) is 0.794. The van der Waals surface area contributed by atoms with Gasteiger partial charge >= 0.3 is 0 Å². The molecule has 0 aromatic heterocycles. The molecule has 1 unspecified atom stereocenters. The van der Waals surface area contributed by atoms with Crippen molar-refractivity contribution in [1.29, 1.82) is 0 Å². The van der Waals surface area contributed by atoms with E-state index >= 15 is 0 Å². The molecule has 4 heteroatoms. The van der Waals surface area contributed by atoms with Gasteiger partial charge in [-0.25, -0.2) is 0 Å². The predicted molar refractivity (Wildman–Crippen MR) is 87.1 cm³/mol. The lowest BCUT2D eigenvalue weighted by molar-refractivity contribution is -0.117. The second-order valence-electron chi connectivity index (χ2n) is 5.31. The molecule has 3 rings (SSSR count). The van der Waals surface area contributed by atoms with E-state index in [1.165, 1.54) is 0 Å². The highest BCUT2D eigenvalue weighted by Crippen LogP contribution is 2.32. The van der Waals surface area contributed by atoms with Crippen LogP contribution in [0.15, 0.2) is 42.5 Å². The first kappa shape index (κ1) is 14.0. The maximum atomic E-state index is 12.5. The van der Waals surface area contributed by atoms with Gasteiger partial charge in [-0.3, -0.25) is 4.79 Å². The first-order valence-electron chi connectivity index (χ1n) is 7.05. The molecule has 0 bridgehead atoms. The highest BCUT2D eigenvalue weighted by molar-refractivity contribution is 6.31. The predicted octanol–water partition coefficient (Wildman–Crippen LogP) is 4.19. The van der Waals surface area contributed by atoms with Gasteiger partial charge in [-0.15, -0.1) is 0 Å². The average Bonchev–Trinajstić information content (AvgIpc) is 2.50. The van der Waals surface area contributed by atoms with Crippen LogP contribution in [-0.4, -0.2) is 12.5 Å². The Morgan fingerprint density at radius 3 is 2.90 bits per heavy atom. The fraction of sp³-hybridized carbons (Fsp3) is 0.235. The van der Waals surface area contributed by atoms with Gasteiger partial charge in [-0.2, -0.15) is 0 Å². The Morgan fingerprint density at radius 1 is 1.29 bits per heavy atom. The number of hydrogen-bond acceptors (Lipinski definition) is 2. The molecular weight excluding hydrogens is 284 g/mol. The van der Waals surface area contributed by atoms with E-state index < -0.39 is 0 Å². The summed E-state index contributed by atoms with van der Waals surface area (Å²) < 4.78 is 0. The summed E-state index contributed by atoms with van der Waals surface area (Å²) in [4.78, 5) is 12.5. The van der Waals surface area contributed by atoms with Crippen molar-refractivity contribution in [1.82, 2.24) is 0 Å². The standard InChI is InChI=1S/C17H17ClN2O/c1-11-6-7-12(10-15(11)18)20-17(21)14-8-9-19-16-5-3-2-4-13(14)16/h2-7,10,14,19H,8-9H2,1H3,(H,20,21). The van der Waals surface area contributed by atoms with Crippen LogP contribution in [0, 0.1) is 6.92 Å². The lowest BCUT2D eigenvalue weighted by atomic mass is 9.90. The number of nitrogens with one attached hydrogen (secondary N) is 2. The van der Waals surface area contributed by atoms with E-state index in [4.69, 9.17) is 11.6 Å². The van der Waals surface area contributed by atoms with E-state index in [2.05, 4.69) is 10.6 Å². The summed E-state index contributed by atoms with van der Waals surface area (Å²) in [6.45, 7) is 2.75. The maximum Gasteiger partial charge on any atom is 0.232 e. The molecule has 2 aromatic rings. The van der Waals surface area contributed by atoms with Gasteiger partial charge in [0.2, 0.25) is 5.91 Å². The molecule has 0 saturated carbocycles. The van der Waals surface area contributed by atoms with Crippen LogP contribution in [0.3, 0.4) is 0 Å². The molecule has 1 aliphatic rings. The molecule has 0 aliphatic carbocycles. The molecule has 3 nitrogen and oxygen atoms in total. The van der Waals surface area contributed by atoms with Gasteiger partial charge in [-0.1, -0.05) is 35.9 Å². The van der Waals surface area contributed by atoms with Crippen molar-refractivity contribution in [3.05, 3.63) is 58.6 Å². The van der Waals surface area contributed by atoms with E-state index in [0.29, 0.717) is 5.02 Å². The zero-order valence-electron chi connectivity index (χ0n) is 11.8. The number of hydrogen-bond donors (Lipinski definition) is 2. The van der Waals surface area contributed by atoms with Crippen molar-refractivity contribution in [2.24, 2.45) is 0 Å². The molecule has 0 radical (unpaired) electrons. The Morgan fingerprint density at radius 2 is 2.10 bits per heavy atom. The van der Waals surface area contributed by atoms with Crippen LogP contribution in [0.1, 0.15) is 23.5 Å². The maximum absolute atomic E-state index is 12.5. The first-order valence-corrected chi connectivity index (χ1v) is 7.43. The summed E-state index contributed by atoms with van der Waals surface area (Å²) in [5.41, 5.74) is 3.85. The molecule has 0 saturated heterocycles. The zero-order valence-corrected chi connectivity index (χ0v) is 12.6. The lowest BCUT2D eigenvalue weighted by Crippen LogP contribution is -2.27. The number of amides is 1. The topological polar surface area (TPSA) is 41.1 Å². The summed E-state index contributed by atoms with van der Waals surface area (Å²) in [5, 5.41) is 6.96. The van der Waals surface area contributed by atoms with Gasteiger partial charge in [0.25, 0.3) is 0 Å². The molecule has 21 heavy (non-hydrogen) atoms. The molecule has 2 aromatic carbocycles. The second-order valence-corrected chi connectivity index (χ2v) is 5.72. The third-order valence-corrected chi connectivity index (χ3v) is 4.25. The Balaban J connectivity index is 1.81. The number of halogens is 1. The molecular formula is C17H17ClN2O. The van der Waals surface area contributed by atoms with Gasteiger partial charge in [-0.05, 0) is 42.7 Å². The Hall–Kier alpha value is -2.00. The fourth-order valence-electron chi connectivity index (χ4n) is 2.64. The Bertz CT molecular complexity index is 684. The van der Waals surface area contributed by atoms with Crippen molar-refractivity contribution in [2.75, 3.05) is 17.2 Å². The van der Waals surface area contributed by atoms with Crippen molar-refractivity contribution in [3.63, 3.8) is 0 Å². The first-order chi connectivity index (χ1) is 10.1. The highest BCUT2D eigenvalue weighted by atomic mass is 35.5. The Labute approximate surface area is 129 Å². The Kier molecular flexibility index (Phi) is 3.84. The molecule has 108 valence electrons. The monoisotopic (exact) mass is 300 g/mol. The average molecular weight is 301 g/mol. The van der Waals surface area contributed by atoms with Crippen molar-refractivity contribution in [2.45, 2.75) is 19.3 Å². The van der Waals surface area contributed by atoms with Gasteiger partial charge < -0.3 is 10.6 Å². The number of aryl methyl sites for hydroxylation is 1. The van der Waals surface area contributed by atoms with Gasteiger partial charge in [0.15, 0.2) is 0 Å². The number of carbonyl (C=O) groups is 1. The van der Waals surface area contributed by atoms with E-state index in [1.807, 2.05) is 43.3 Å². The molecule has 0 spiro atoms. The summed E-state index contributed by atoms with van der Waals surface area (Å²) in [5.74, 6) is -0.105. The molecule has 1 atom stereocenters. The van der Waals surface area contributed by atoms with Crippen molar-refractivity contribution >= 4 is 28.9 Å². The van der Waals surface area contributed by atoms with E-state index in [0.717, 1.165) is 35.5 Å². The third-order valence-electron chi connectivity index (χ3n) is 3.84. The summed E-state index contributed by atoms with van der Waals surface area (Å²) >= 11 is 6.10.